The van der Waals surface area contributed by atoms with Crippen LogP contribution in [0, 0.1) is 11.8 Å². The van der Waals surface area contributed by atoms with Crippen molar-refractivity contribution in [2.75, 3.05) is 11.9 Å². The molecule has 0 aliphatic rings. The number of halogens is 2. The number of hydrogen-bond acceptors (Lipinski definition) is 1. The monoisotopic (exact) mass is 334 g/mol. The number of rotatable bonds is 5. The molecule has 0 aliphatic carbocycles. The van der Waals surface area contributed by atoms with E-state index >= 15 is 0 Å². The maximum atomic E-state index is 5.72. The molecule has 0 bridgehead atoms. The third kappa shape index (κ3) is 4.56. The lowest BCUT2D eigenvalue weighted by Crippen LogP contribution is -2.19. The lowest BCUT2D eigenvalue weighted by Gasteiger charge is -2.18. The highest BCUT2D eigenvalue weighted by Crippen LogP contribution is 2.19. The van der Waals surface area contributed by atoms with Crippen molar-refractivity contribution < 1.29 is 4.74 Å². The maximum Gasteiger partial charge on any atom is 0.119 e. The molecule has 0 fully saturated rings. The smallest absolute Gasteiger partial charge is 0.119 e. The molecular formula is C12H16Br2O. The van der Waals surface area contributed by atoms with Crippen molar-refractivity contribution in [2.45, 2.75) is 13.8 Å². The molecule has 0 N–H and O–H groups in total. The van der Waals surface area contributed by atoms with E-state index in [1.807, 2.05) is 24.3 Å². The van der Waals surface area contributed by atoms with Gasteiger partial charge in [-0.15, -0.1) is 0 Å². The minimum atomic E-state index is 0.564. The number of benzene rings is 1. The van der Waals surface area contributed by atoms with Crippen LogP contribution in [-0.2, 0) is 0 Å². The molecule has 1 nitrogen and oxygen atoms in total. The molecule has 0 amide bonds. The fourth-order valence-electron chi connectivity index (χ4n) is 1.15. The number of alkyl halides is 1. The highest BCUT2D eigenvalue weighted by Gasteiger charge is 2.12. The first-order valence-electron chi connectivity index (χ1n) is 5.07. The Kier molecular flexibility index (Phi) is 5.69. The second-order valence-corrected chi connectivity index (χ2v) is 5.49. The number of ether oxygens (including phenoxy) is 1. The van der Waals surface area contributed by atoms with Crippen LogP contribution in [0.5, 0.6) is 5.75 Å². The van der Waals surface area contributed by atoms with Crippen molar-refractivity contribution in [1.29, 1.82) is 0 Å². The molecular weight excluding hydrogens is 320 g/mol. The van der Waals surface area contributed by atoms with Gasteiger partial charge in [-0.25, -0.2) is 0 Å². The second-order valence-electron chi connectivity index (χ2n) is 3.92. The van der Waals surface area contributed by atoms with Crippen LogP contribution < -0.4 is 4.74 Å². The highest BCUT2D eigenvalue weighted by molar-refractivity contribution is 9.10. The van der Waals surface area contributed by atoms with Crippen LogP contribution in [-0.4, -0.2) is 11.9 Å². The summed E-state index contributed by atoms with van der Waals surface area (Å²) >= 11 is 6.91. The van der Waals surface area contributed by atoms with Gasteiger partial charge < -0.3 is 4.74 Å². The van der Waals surface area contributed by atoms with E-state index in [0.717, 1.165) is 22.2 Å². The first-order valence-corrected chi connectivity index (χ1v) is 6.99. The minimum absolute atomic E-state index is 0.564. The van der Waals surface area contributed by atoms with E-state index in [1.54, 1.807) is 0 Å². The molecule has 1 aromatic rings. The van der Waals surface area contributed by atoms with Gasteiger partial charge in [-0.1, -0.05) is 45.7 Å². The minimum Gasteiger partial charge on any atom is -0.493 e. The molecule has 1 atom stereocenters. The fourth-order valence-corrected chi connectivity index (χ4v) is 2.35. The molecule has 1 rings (SSSR count). The van der Waals surface area contributed by atoms with Gasteiger partial charge in [0.05, 0.1) is 6.61 Å². The van der Waals surface area contributed by atoms with Crippen molar-refractivity contribution in [1.82, 2.24) is 0 Å². The standard InChI is InChI=1S/C12H16Br2O/c1-9(2)10(7-13)8-15-12-5-3-11(14)4-6-12/h3-6,9-10H,7-8H2,1-2H3. The molecule has 0 aromatic heterocycles. The van der Waals surface area contributed by atoms with Gasteiger partial charge in [-0.3, -0.25) is 0 Å². The molecule has 1 unspecified atom stereocenters. The van der Waals surface area contributed by atoms with E-state index in [9.17, 15) is 0 Å². The van der Waals surface area contributed by atoms with Crippen LogP contribution in [0.2, 0.25) is 0 Å². The van der Waals surface area contributed by atoms with Crippen LogP contribution in [0.25, 0.3) is 0 Å². The predicted octanol–water partition coefficient (Wildman–Crippen LogP) is 4.50. The van der Waals surface area contributed by atoms with Gasteiger partial charge in [0.2, 0.25) is 0 Å². The van der Waals surface area contributed by atoms with E-state index in [1.165, 1.54) is 0 Å². The fraction of sp³-hybridized carbons (Fsp3) is 0.500. The summed E-state index contributed by atoms with van der Waals surface area (Å²) in [4.78, 5) is 0. The summed E-state index contributed by atoms with van der Waals surface area (Å²) in [7, 11) is 0. The molecule has 0 radical (unpaired) electrons. The van der Waals surface area contributed by atoms with E-state index < -0.39 is 0 Å². The molecule has 0 aliphatic heterocycles. The summed E-state index contributed by atoms with van der Waals surface area (Å²) in [6.45, 7) is 5.21. The molecule has 0 spiro atoms. The van der Waals surface area contributed by atoms with Gasteiger partial charge in [-0.05, 0) is 30.2 Å². The van der Waals surface area contributed by atoms with Gasteiger partial charge in [0.25, 0.3) is 0 Å². The Morgan fingerprint density at radius 2 is 1.80 bits per heavy atom. The molecule has 0 saturated heterocycles. The third-order valence-electron chi connectivity index (χ3n) is 2.42. The summed E-state index contributed by atoms with van der Waals surface area (Å²) in [6.07, 6.45) is 0. The first-order chi connectivity index (χ1) is 7.13. The summed E-state index contributed by atoms with van der Waals surface area (Å²) in [5.41, 5.74) is 0. The van der Waals surface area contributed by atoms with Crippen LogP contribution in [0.15, 0.2) is 28.7 Å². The van der Waals surface area contributed by atoms with Crippen LogP contribution in [0.3, 0.4) is 0 Å². The SMILES string of the molecule is CC(C)C(CBr)COc1ccc(Br)cc1. The van der Waals surface area contributed by atoms with E-state index in [4.69, 9.17) is 4.74 Å². The molecule has 0 heterocycles. The van der Waals surface area contributed by atoms with Crippen molar-refractivity contribution >= 4 is 31.9 Å². The Morgan fingerprint density at radius 1 is 1.20 bits per heavy atom. The van der Waals surface area contributed by atoms with Gasteiger partial charge in [-0.2, -0.15) is 0 Å². The summed E-state index contributed by atoms with van der Waals surface area (Å²) < 4.78 is 6.80. The van der Waals surface area contributed by atoms with Crippen molar-refractivity contribution in [2.24, 2.45) is 11.8 Å². The summed E-state index contributed by atoms with van der Waals surface area (Å²) in [6, 6.07) is 7.95. The van der Waals surface area contributed by atoms with Gasteiger partial charge in [0.1, 0.15) is 5.75 Å². The molecule has 1 aromatic carbocycles. The number of hydrogen-bond donors (Lipinski definition) is 0. The normalized spacial score (nSPS) is 12.9. The van der Waals surface area contributed by atoms with Gasteiger partial charge in [0.15, 0.2) is 0 Å². The predicted molar refractivity (Wildman–Crippen MR) is 71.8 cm³/mol. The van der Waals surface area contributed by atoms with Crippen LogP contribution in [0.4, 0.5) is 0 Å². The van der Waals surface area contributed by atoms with Crippen molar-refractivity contribution in [3.05, 3.63) is 28.7 Å². The summed E-state index contributed by atoms with van der Waals surface area (Å²) in [5.74, 6) is 2.14. The quantitative estimate of drug-likeness (QED) is 0.720. The Balaban J connectivity index is 2.45. The summed E-state index contributed by atoms with van der Waals surface area (Å²) in [5, 5.41) is 0.987. The Labute approximate surface area is 108 Å². The Morgan fingerprint density at radius 3 is 2.27 bits per heavy atom. The zero-order valence-corrected chi connectivity index (χ0v) is 12.2. The maximum absolute atomic E-state index is 5.72. The molecule has 84 valence electrons. The lowest BCUT2D eigenvalue weighted by molar-refractivity contribution is 0.227. The highest BCUT2D eigenvalue weighted by atomic mass is 79.9. The third-order valence-corrected chi connectivity index (χ3v) is 3.78. The van der Waals surface area contributed by atoms with E-state index in [-0.39, 0.29) is 0 Å². The largest absolute Gasteiger partial charge is 0.493 e. The van der Waals surface area contributed by atoms with Gasteiger partial charge >= 0.3 is 0 Å². The lowest BCUT2D eigenvalue weighted by atomic mass is 9.99. The van der Waals surface area contributed by atoms with Crippen molar-refractivity contribution in [3.8, 4) is 5.75 Å². The van der Waals surface area contributed by atoms with E-state index in [2.05, 4.69) is 45.7 Å². The molecule has 3 heteroatoms. The average Bonchev–Trinajstić information content (AvgIpc) is 2.21. The topological polar surface area (TPSA) is 9.23 Å². The Bertz CT molecular complexity index is 282. The first kappa shape index (κ1) is 13.0. The van der Waals surface area contributed by atoms with E-state index in [0.29, 0.717) is 11.8 Å². The second kappa shape index (κ2) is 6.54. The van der Waals surface area contributed by atoms with Crippen LogP contribution in [0.1, 0.15) is 13.8 Å². The average molecular weight is 336 g/mol. The molecule has 0 saturated carbocycles. The molecule has 15 heavy (non-hydrogen) atoms. The zero-order chi connectivity index (χ0) is 11.3. The zero-order valence-electron chi connectivity index (χ0n) is 9.04. The van der Waals surface area contributed by atoms with Crippen molar-refractivity contribution in [3.63, 3.8) is 0 Å². The Hall–Kier alpha value is -0.0200. The van der Waals surface area contributed by atoms with Crippen LogP contribution >= 0.6 is 31.9 Å². The van der Waals surface area contributed by atoms with Gasteiger partial charge in [0, 0.05) is 15.7 Å².